The van der Waals surface area contributed by atoms with Gasteiger partial charge in [-0.2, -0.15) is 10.1 Å². The van der Waals surface area contributed by atoms with E-state index in [1.807, 2.05) is 0 Å². The van der Waals surface area contributed by atoms with Crippen LogP contribution in [0.25, 0.3) is 11.8 Å². The molecule has 0 spiro atoms. The molecule has 222 valence electrons. The summed E-state index contributed by atoms with van der Waals surface area (Å²) in [4.78, 5) is 47.6. The monoisotopic (exact) mass is 782 g/mol. The van der Waals surface area contributed by atoms with Gasteiger partial charge in [0.05, 0.1) is 49.9 Å². The quantitative estimate of drug-likeness (QED) is 0.0918. The second-order valence-corrected chi connectivity index (χ2v) is 11.2. The number of carboxylic acids is 2. The molecule has 1 aliphatic rings. The second-order valence-electron chi connectivity index (χ2n) is 8.40. The Bertz CT molecular complexity index is 2070. The maximum Gasteiger partial charge on any atom is 1.00 e. The number of nitrogens with zero attached hydrogens (tertiary/aromatic N) is 3. The molecule has 4 rings (SSSR count). The van der Waals surface area contributed by atoms with Crippen molar-refractivity contribution < 1.29 is 256 Å². The van der Waals surface area contributed by atoms with Crippen molar-refractivity contribution in [1.82, 2.24) is 9.78 Å². The van der Waals surface area contributed by atoms with Gasteiger partial charge in [0.1, 0.15) is 25.9 Å². The molecule has 1 amide bonds. The number of anilines is 1. The first-order valence-electron chi connectivity index (χ1n) is 11.5. The van der Waals surface area contributed by atoms with Gasteiger partial charge in [-0.3, -0.25) is 14.7 Å². The first kappa shape index (κ1) is 48.1. The molecule has 1 aromatic heterocycles. The first-order chi connectivity index (χ1) is 20.1. The van der Waals surface area contributed by atoms with Crippen molar-refractivity contribution in [3.05, 3.63) is 100 Å². The van der Waals surface area contributed by atoms with Gasteiger partial charge in [0.2, 0.25) is 0 Å². The zero-order valence-corrected chi connectivity index (χ0v) is 39.2. The Balaban J connectivity index is 0.00000529. The van der Waals surface area contributed by atoms with Gasteiger partial charge >= 0.3 is 206 Å². The van der Waals surface area contributed by atoms with Gasteiger partial charge in [-0.15, -0.1) is 0 Å². The van der Waals surface area contributed by atoms with Crippen LogP contribution >= 0.6 is 0 Å². The summed E-state index contributed by atoms with van der Waals surface area (Å²) < 4.78 is 67.5. The molecule has 0 atom stereocenters. The molecular formula is C25H14K4N4O12S2. The zero-order valence-electron chi connectivity index (χ0n) is 25.1. The van der Waals surface area contributed by atoms with Crippen LogP contribution in [0.3, 0.4) is 0 Å². The van der Waals surface area contributed by atoms with Crippen LogP contribution in [0, 0.1) is 0 Å². The van der Waals surface area contributed by atoms with Crippen molar-refractivity contribution in [2.45, 2.75) is 9.79 Å². The van der Waals surface area contributed by atoms with Gasteiger partial charge in [-0.05, 0) is 60.7 Å². The van der Waals surface area contributed by atoms with Crippen LogP contribution in [-0.4, -0.2) is 59.3 Å². The fraction of sp³-hybridized carbons (Fsp3) is 0. The minimum absolute atomic E-state index is 0. The average Bonchev–Trinajstić information content (AvgIpc) is 3.44. The third-order valence-electron chi connectivity index (χ3n) is 5.70. The van der Waals surface area contributed by atoms with Crippen LogP contribution < -0.4 is 226 Å². The maximum absolute atomic E-state index is 12.8. The van der Waals surface area contributed by atoms with E-state index < -0.39 is 70.4 Å². The molecule has 1 N–H and O–H groups in total. The number of rotatable bonds is 9. The van der Waals surface area contributed by atoms with E-state index in [4.69, 9.17) is 0 Å². The van der Waals surface area contributed by atoms with E-state index in [-0.39, 0.29) is 222 Å². The topological polar surface area (TPSA) is 265 Å². The number of hydrazone groups is 1. The number of aromatic nitrogens is 2. The Morgan fingerprint density at radius 2 is 1.21 bits per heavy atom. The Kier molecular flexibility index (Phi) is 20.9. The Morgan fingerprint density at radius 3 is 1.66 bits per heavy atom. The van der Waals surface area contributed by atoms with Crippen molar-refractivity contribution in [1.29, 1.82) is 0 Å². The van der Waals surface area contributed by atoms with Crippen molar-refractivity contribution >= 4 is 55.6 Å². The predicted octanol–water partition coefficient (Wildman–Crippen LogP) is -14.0. The van der Waals surface area contributed by atoms with Crippen molar-refractivity contribution in [3.8, 4) is 5.69 Å². The Labute approximate surface area is 437 Å². The standard InChI is InChI=1S/C25H18N4O12S2.4K/c30-22-18(20(24(32)33)26-28(22)14-6-10-16(11-7-14)42(36,37)38)4-2-1-3-5-19-21(25(34)35)27-29(23(19)31)15-8-12-17(13-9-15)43(39,40)41;;;;/h1-13,26H,(H,32,33)(H,34,35)(H,36,37,38)(H,39,40,41);;;;/q;4*+1/p-4/b3-1+,4-2+,19-5-;;;;. The summed E-state index contributed by atoms with van der Waals surface area (Å²) in [5, 5.41) is 29.8. The van der Waals surface area contributed by atoms with E-state index in [1.54, 1.807) is 0 Å². The molecule has 2 aromatic carbocycles. The number of allylic oxidation sites excluding steroid dienone is 4. The number of hydrogen-bond acceptors (Lipinski definition) is 13. The van der Waals surface area contributed by atoms with Crippen LogP contribution in [0.15, 0.2) is 98.1 Å². The van der Waals surface area contributed by atoms with Crippen LogP contribution in [0.4, 0.5) is 5.69 Å². The number of amides is 1. The molecule has 3 aromatic rings. The molecule has 0 unspecified atom stereocenters. The molecule has 0 saturated carbocycles. The molecule has 47 heavy (non-hydrogen) atoms. The van der Waals surface area contributed by atoms with Gasteiger partial charge in [0, 0.05) is 0 Å². The number of aromatic carboxylic acids is 1. The smallest absolute Gasteiger partial charge is 0.744 e. The molecule has 0 fully saturated rings. The summed E-state index contributed by atoms with van der Waals surface area (Å²) in [6.07, 6.45) is 5.67. The summed E-state index contributed by atoms with van der Waals surface area (Å²) in [5.74, 6) is -4.50. The van der Waals surface area contributed by atoms with E-state index >= 15 is 0 Å². The van der Waals surface area contributed by atoms with E-state index in [2.05, 4.69) is 10.2 Å². The zero-order chi connectivity index (χ0) is 31.7. The predicted molar refractivity (Wildman–Crippen MR) is 139 cm³/mol. The average molecular weight is 783 g/mol. The maximum atomic E-state index is 12.8. The summed E-state index contributed by atoms with van der Waals surface area (Å²) in [6.45, 7) is 0. The minimum atomic E-state index is -4.77. The van der Waals surface area contributed by atoms with Crippen LogP contribution in [0.1, 0.15) is 16.1 Å². The van der Waals surface area contributed by atoms with Crippen molar-refractivity contribution in [3.63, 3.8) is 0 Å². The minimum Gasteiger partial charge on any atom is -0.744 e. The molecule has 2 heterocycles. The number of benzene rings is 2. The second kappa shape index (κ2) is 20.4. The number of nitrogens with one attached hydrogen (secondary N) is 1. The number of hydrogen-bond donors (Lipinski definition) is 1. The third-order valence-corrected chi connectivity index (χ3v) is 7.40. The van der Waals surface area contributed by atoms with Gasteiger partial charge in [-0.25, -0.2) is 21.5 Å². The SMILES string of the molecule is O=C([O-])C1=NN(c2ccc(S(=O)(=O)[O-])cc2)C(=O)\C1=C/C=C/C=C/c1c(C(=O)[O-])[nH]n(-c2ccc(S(=O)(=O)[O-])cc2)c1=O.[K+].[K+].[K+].[K+]. The van der Waals surface area contributed by atoms with Gasteiger partial charge in [0.15, 0.2) is 0 Å². The molecule has 0 aliphatic carbocycles. The van der Waals surface area contributed by atoms with Crippen molar-refractivity contribution in [2.24, 2.45) is 5.10 Å². The number of aliphatic carboxylic acids is 1. The third kappa shape index (κ3) is 12.1. The fourth-order valence-corrected chi connectivity index (χ4v) is 4.66. The van der Waals surface area contributed by atoms with E-state index in [1.165, 1.54) is 18.2 Å². The van der Waals surface area contributed by atoms with E-state index in [9.17, 15) is 55.3 Å². The Hall–Kier alpha value is 1.12. The molecule has 0 radical (unpaired) electrons. The summed E-state index contributed by atoms with van der Waals surface area (Å²) in [7, 11) is -9.53. The fourth-order valence-electron chi connectivity index (χ4n) is 3.72. The normalized spacial score (nSPS) is 13.8. The van der Waals surface area contributed by atoms with Crippen LogP contribution in [-0.2, 0) is 29.8 Å². The first-order valence-corrected chi connectivity index (χ1v) is 14.3. The largest absolute Gasteiger partial charge is 1.00 e. The Morgan fingerprint density at radius 1 is 0.723 bits per heavy atom. The summed E-state index contributed by atoms with van der Waals surface area (Å²) >= 11 is 0. The van der Waals surface area contributed by atoms with Crippen LogP contribution in [0.5, 0.6) is 0 Å². The number of carbonyl (C=O) groups is 3. The van der Waals surface area contributed by atoms with Crippen LogP contribution in [0.2, 0.25) is 0 Å². The van der Waals surface area contributed by atoms with Crippen molar-refractivity contribution in [2.75, 3.05) is 5.01 Å². The molecule has 1 aliphatic heterocycles. The molecule has 0 bridgehead atoms. The number of carbonyl (C=O) groups excluding carboxylic acids is 3. The van der Waals surface area contributed by atoms with Gasteiger partial charge in [-0.1, -0.05) is 18.2 Å². The molecular weight excluding hydrogens is 769 g/mol. The number of aromatic amines is 1. The van der Waals surface area contributed by atoms with Gasteiger partial charge < -0.3 is 28.9 Å². The van der Waals surface area contributed by atoms with E-state index in [0.29, 0.717) is 5.01 Å². The van der Waals surface area contributed by atoms with Gasteiger partial charge in [0.25, 0.3) is 11.5 Å². The molecule has 16 nitrogen and oxygen atoms in total. The van der Waals surface area contributed by atoms with E-state index in [0.717, 1.165) is 65.4 Å². The number of H-pyrrole nitrogens is 1. The molecule has 22 heteroatoms. The molecule has 0 saturated heterocycles. The number of carboxylic acid groups (broad SMARTS) is 2. The summed E-state index contributed by atoms with van der Waals surface area (Å²) in [5.41, 5.74) is -3.16. The summed E-state index contributed by atoms with van der Waals surface area (Å²) in [6, 6.07) is 8.01.